The molecule has 1 amide bonds. The molecule has 0 aliphatic heterocycles. The van der Waals surface area contributed by atoms with Gasteiger partial charge in [-0.25, -0.2) is 13.2 Å². The van der Waals surface area contributed by atoms with Crippen molar-refractivity contribution in [2.75, 3.05) is 11.1 Å². The average molecular weight is 479 g/mol. The predicted molar refractivity (Wildman–Crippen MR) is 114 cm³/mol. The summed E-state index contributed by atoms with van der Waals surface area (Å²) in [5.74, 6) is -4.07. The van der Waals surface area contributed by atoms with E-state index in [-0.39, 0.29) is 5.75 Å². The average Bonchev–Trinajstić information content (AvgIpc) is 3.44. The molecule has 0 saturated heterocycles. The van der Waals surface area contributed by atoms with Crippen LogP contribution in [0.5, 0.6) is 0 Å². The van der Waals surface area contributed by atoms with Gasteiger partial charge >= 0.3 is 0 Å². The molecule has 0 atom stereocenters. The second-order valence-corrected chi connectivity index (χ2v) is 7.92. The number of amides is 1. The third-order valence-corrected chi connectivity index (χ3v) is 5.57. The van der Waals surface area contributed by atoms with Crippen LogP contribution < -0.4 is 5.32 Å². The molecule has 2 heterocycles. The summed E-state index contributed by atoms with van der Waals surface area (Å²) in [6, 6.07) is 12.2. The van der Waals surface area contributed by atoms with E-state index in [2.05, 4.69) is 15.5 Å². The lowest BCUT2D eigenvalue weighted by Gasteiger charge is -2.10. The van der Waals surface area contributed by atoms with Crippen LogP contribution in [-0.2, 0) is 11.3 Å². The van der Waals surface area contributed by atoms with Crippen LogP contribution in [-0.4, -0.2) is 26.4 Å². The molecule has 4 aromatic rings. The summed E-state index contributed by atoms with van der Waals surface area (Å²) in [6.07, 6.45) is 1.54. The van der Waals surface area contributed by atoms with E-state index in [0.717, 1.165) is 29.5 Å². The van der Waals surface area contributed by atoms with E-state index in [4.69, 9.17) is 16.0 Å². The highest BCUT2D eigenvalue weighted by atomic mass is 35.5. The van der Waals surface area contributed by atoms with Crippen molar-refractivity contribution >= 4 is 35.0 Å². The molecule has 2 aromatic heterocycles. The molecule has 164 valence electrons. The molecule has 1 N–H and O–H groups in total. The Morgan fingerprint density at radius 2 is 1.84 bits per heavy atom. The molecule has 0 unspecified atom stereocenters. The largest absolute Gasteiger partial charge is 0.467 e. The van der Waals surface area contributed by atoms with E-state index in [9.17, 15) is 18.0 Å². The lowest BCUT2D eigenvalue weighted by molar-refractivity contribution is -0.113. The number of hydrogen-bond acceptors (Lipinski definition) is 5. The van der Waals surface area contributed by atoms with Crippen molar-refractivity contribution in [3.63, 3.8) is 0 Å². The van der Waals surface area contributed by atoms with E-state index >= 15 is 0 Å². The molecule has 0 bridgehead atoms. The highest BCUT2D eigenvalue weighted by Crippen LogP contribution is 2.27. The van der Waals surface area contributed by atoms with E-state index in [0.29, 0.717) is 28.3 Å². The number of hydrogen-bond donors (Lipinski definition) is 1. The number of thioether (sulfide) groups is 1. The van der Waals surface area contributed by atoms with Gasteiger partial charge in [0.2, 0.25) is 5.91 Å². The van der Waals surface area contributed by atoms with Crippen LogP contribution in [0.4, 0.5) is 18.9 Å². The van der Waals surface area contributed by atoms with Crippen molar-refractivity contribution < 1.29 is 22.4 Å². The fourth-order valence-corrected chi connectivity index (χ4v) is 3.71. The maximum absolute atomic E-state index is 13.8. The Balaban J connectivity index is 1.53. The van der Waals surface area contributed by atoms with Gasteiger partial charge in [-0.05, 0) is 48.5 Å². The summed E-state index contributed by atoms with van der Waals surface area (Å²) < 4.78 is 47.4. The quantitative estimate of drug-likeness (QED) is 0.285. The molecule has 0 spiro atoms. The zero-order chi connectivity index (χ0) is 22.7. The van der Waals surface area contributed by atoms with Crippen molar-refractivity contribution in [2.24, 2.45) is 0 Å². The third kappa shape index (κ3) is 4.81. The molecule has 0 saturated carbocycles. The van der Waals surface area contributed by atoms with Crippen molar-refractivity contribution in [2.45, 2.75) is 11.7 Å². The molecule has 0 aliphatic carbocycles. The Labute approximate surface area is 189 Å². The molecular weight excluding hydrogens is 465 g/mol. The Bertz CT molecular complexity index is 1250. The van der Waals surface area contributed by atoms with Gasteiger partial charge in [-0.15, -0.1) is 10.2 Å². The van der Waals surface area contributed by atoms with E-state index in [1.165, 1.54) is 6.26 Å². The minimum atomic E-state index is -1.65. The lowest BCUT2D eigenvalue weighted by atomic mass is 10.2. The third-order valence-electron chi connectivity index (χ3n) is 4.35. The van der Waals surface area contributed by atoms with Gasteiger partial charge < -0.3 is 9.73 Å². The SMILES string of the molecule is O=C(CSc1nnc(-c2ccc(Cl)cc2)n1Cc1ccco1)Nc1ccc(F)c(F)c1F. The molecule has 4 rings (SSSR count). The van der Waals surface area contributed by atoms with Crippen molar-refractivity contribution in [1.29, 1.82) is 0 Å². The maximum atomic E-state index is 13.8. The van der Waals surface area contributed by atoms with Crippen LogP contribution in [0.25, 0.3) is 11.4 Å². The van der Waals surface area contributed by atoms with Gasteiger partial charge in [0.05, 0.1) is 24.2 Å². The second kappa shape index (κ2) is 9.49. The van der Waals surface area contributed by atoms with Crippen LogP contribution in [0.2, 0.25) is 5.02 Å². The summed E-state index contributed by atoms with van der Waals surface area (Å²) in [5.41, 5.74) is 0.307. The van der Waals surface area contributed by atoms with E-state index < -0.39 is 29.0 Å². The highest BCUT2D eigenvalue weighted by Gasteiger charge is 2.19. The Hall–Kier alpha value is -3.24. The van der Waals surface area contributed by atoms with Gasteiger partial charge in [0.25, 0.3) is 0 Å². The molecule has 2 aromatic carbocycles. The normalized spacial score (nSPS) is 11.0. The summed E-state index contributed by atoms with van der Waals surface area (Å²) in [7, 11) is 0. The minimum absolute atomic E-state index is 0.171. The summed E-state index contributed by atoms with van der Waals surface area (Å²) in [5, 5.41) is 11.6. The highest BCUT2D eigenvalue weighted by molar-refractivity contribution is 7.99. The van der Waals surface area contributed by atoms with E-state index in [1.807, 2.05) is 0 Å². The lowest BCUT2D eigenvalue weighted by Crippen LogP contribution is -2.16. The summed E-state index contributed by atoms with van der Waals surface area (Å²) in [6.45, 7) is 0.305. The monoisotopic (exact) mass is 478 g/mol. The number of nitrogens with one attached hydrogen (secondary N) is 1. The van der Waals surface area contributed by atoms with Gasteiger partial charge in [-0.3, -0.25) is 9.36 Å². The second-order valence-electron chi connectivity index (χ2n) is 6.54. The van der Waals surface area contributed by atoms with Gasteiger partial charge in [0.15, 0.2) is 28.4 Å². The Kier molecular flexibility index (Phi) is 6.52. The van der Waals surface area contributed by atoms with Gasteiger partial charge in [-0.1, -0.05) is 23.4 Å². The zero-order valence-electron chi connectivity index (χ0n) is 16.2. The first-order valence-corrected chi connectivity index (χ1v) is 10.6. The number of nitrogens with zero attached hydrogens (tertiary/aromatic N) is 3. The minimum Gasteiger partial charge on any atom is -0.467 e. The van der Waals surface area contributed by atoms with Gasteiger partial charge in [0.1, 0.15) is 5.76 Å². The van der Waals surface area contributed by atoms with Gasteiger partial charge in [-0.2, -0.15) is 0 Å². The Morgan fingerprint density at radius 3 is 2.56 bits per heavy atom. The molecule has 6 nitrogen and oxygen atoms in total. The molecule has 0 fully saturated rings. The summed E-state index contributed by atoms with van der Waals surface area (Å²) in [4.78, 5) is 12.3. The number of benzene rings is 2. The fourth-order valence-electron chi connectivity index (χ4n) is 2.85. The van der Waals surface area contributed by atoms with Crippen molar-refractivity contribution in [3.8, 4) is 11.4 Å². The number of aromatic nitrogens is 3. The number of furan rings is 1. The first kappa shape index (κ1) is 22.0. The fraction of sp³-hybridized carbons (Fsp3) is 0.0952. The molecule has 11 heteroatoms. The Morgan fingerprint density at radius 1 is 1.06 bits per heavy atom. The van der Waals surface area contributed by atoms with Crippen molar-refractivity contribution in [1.82, 2.24) is 14.8 Å². The number of rotatable bonds is 7. The first-order chi connectivity index (χ1) is 15.4. The predicted octanol–water partition coefficient (Wildman–Crippen LogP) is 5.39. The van der Waals surface area contributed by atoms with Crippen LogP contribution in [0.1, 0.15) is 5.76 Å². The summed E-state index contributed by atoms with van der Waals surface area (Å²) >= 11 is 7.01. The number of anilines is 1. The number of halogens is 4. The van der Waals surface area contributed by atoms with E-state index in [1.54, 1.807) is 41.0 Å². The molecule has 0 radical (unpaired) electrons. The standard InChI is InChI=1S/C21H14ClF3N4O2S/c22-13-5-3-12(4-6-13)20-27-28-21(29(20)10-14-2-1-9-31-14)32-11-17(30)26-16-8-7-15(23)18(24)19(16)25/h1-9H,10-11H2,(H,26,30). The number of carbonyl (C=O) groups excluding carboxylic acids is 1. The first-order valence-electron chi connectivity index (χ1n) is 9.20. The number of carbonyl (C=O) groups is 1. The topological polar surface area (TPSA) is 73.0 Å². The zero-order valence-corrected chi connectivity index (χ0v) is 17.8. The molecular formula is C21H14ClF3N4O2S. The van der Waals surface area contributed by atoms with Crippen LogP contribution in [0.15, 0.2) is 64.4 Å². The molecule has 0 aliphatic rings. The van der Waals surface area contributed by atoms with Crippen molar-refractivity contribution in [3.05, 3.63) is 83.0 Å². The van der Waals surface area contributed by atoms with Crippen LogP contribution in [0.3, 0.4) is 0 Å². The van der Waals surface area contributed by atoms with Gasteiger partial charge in [0, 0.05) is 10.6 Å². The van der Waals surface area contributed by atoms with Crippen LogP contribution >= 0.6 is 23.4 Å². The maximum Gasteiger partial charge on any atom is 0.234 e. The molecule has 32 heavy (non-hydrogen) atoms. The van der Waals surface area contributed by atoms with Crippen LogP contribution in [0, 0.1) is 17.5 Å². The smallest absolute Gasteiger partial charge is 0.234 e.